The van der Waals surface area contributed by atoms with Crippen molar-refractivity contribution < 1.29 is 0 Å². The number of nitrogens with zero attached hydrogens (tertiary/aromatic N) is 3. The molecule has 6 heteroatoms. The second-order valence-electron chi connectivity index (χ2n) is 4.37. The molecule has 0 aliphatic heterocycles. The van der Waals surface area contributed by atoms with E-state index >= 15 is 0 Å². The van der Waals surface area contributed by atoms with Crippen molar-refractivity contribution in [2.24, 2.45) is 12.9 Å². The number of aromatic nitrogens is 3. The molecule has 2 aromatic rings. The summed E-state index contributed by atoms with van der Waals surface area (Å²) >= 11 is 3.50. The van der Waals surface area contributed by atoms with E-state index in [2.05, 4.69) is 56.8 Å². The van der Waals surface area contributed by atoms with Crippen molar-refractivity contribution in [3.63, 3.8) is 0 Å². The third-order valence-electron chi connectivity index (χ3n) is 2.73. The Morgan fingerprint density at radius 2 is 2.22 bits per heavy atom. The zero-order chi connectivity index (χ0) is 13.1. The number of nitrogens with one attached hydrogen (secondary N) is 1. The van der Waals surface area contributed by atoms with E-state index in [1.54, 1.807) is 4.68 Å². The van der Waals surface area contributed by atoms with Crippen LogP contribution >= 0.6 is 15.9 Å². The SMILES string of the molecule is Cc1cc(Br)cc(C(Cc2cn(C)nn2)NN)c1. The minimum Gasteiger partial charge on any atom is -0.271 e. The lowest BCUT2D eigenvalue weighted by atomic mass is 10.0. The second kappa shape index (κ2) is 5.60. The molecule has 96 valence electrons. The molecule has 1 heterocycles. The van der Waals surface area contributed by atoms with Crippen LogP contribution in [0.25, 0.3) is 0 Å². The monoisotopic (exact) mass is 309 g/mol. The van der Waals surface area contributed by atoms with Gasteiger partial charge in [-0.2, -0.15) is 0 Å². The number of hydrogen-bond acceptors (Lipinski definition) is 4. The van der Waals surface area contributed by atoms with E-state index in [0.717, 1.165) is 15.7 Å². The first-order valence-corrected chi connectivity index (χ1v) is 6.46. The molecule has 1 atom stereocenters. The maximum Gasteiger partial charge on any atom is 0.0846 e. The lowest BCUT2D eigenvalue weighted by Crippen LogP contribution is -2.29. The Morgan fingerprint density at radius 3 is 2.78 bits per heavy atom. The number of hydrazine groups is 1. The van der Waals surface area contributed by atoms with Crippen LogP contribution in [0.2, 0.25) is 0 Å². The summed E-state index contributed by atoms with van der Waals surface area (Å²) in [4.78, 5) is 0. The Labute approximate surface area is 114 Å². The molecule has 1 unspecified atom stereocenters. The van der Waals surface area contributed by atoms with Crippen molar-refractivity contribution in [3.8, 4) is 0 Å². The molecular formula is C12H16BrN5. The molecule has 1 aromatic carbocycles. The molecule has 0 aliphatic carbocycles. The number of benzene rings is 1. The van der Waals surface area contributed by atoms with Gasteiger partial charge < -0.3 is 0 Å². The first-order chi connectivity index (χ1) is 8.58. The van der Waals surface area contributed by atoms with Gasteiger partial charge in [-0.25, -0.2) is 0 Å². The summed E-state index contributed by atoms with van der Waals surface area (Å²) in [5, 5.41) is 8.00. The fraction of sp³-hybridized carbons (Fsp3) is 0.333. The van der Waals surface area contributed by atoms with Gasteiger partial charge in [-0.1, -0.05) is 27.2 Å². The largest absolute Gasteiger partial charge is 0.271 e. The Kier molecular flexibility index (Phi) is 4.11. The van der Waals surface area contributed by atoms with Gasteiger partial charge in [0, 0.05) is 24.1 Å². The Balaban J connectivity index is 2.22. The van der Waals surface area contributed by atoms with Crippen LogP contribution in [0.3, 0.4) is 0 Å². The predicted octanol–water partition coefficient (Wildman–Crippen LogP) is 1.63. The molecule has 0 amide bonds. The summed E-state index contributed by atoms with van der Waals surface area (Å²) < 4.78 is 2.74. The lowest BCUT2D eigenvalue weighted by Gasteiger charge is -2.16. The van der Waals surface area contributed by atoms with E-state index < -0.39 is 0 Å². The van der Waals surface area contributed by atoms with Crippen LogP contribution in [0.4, 0.5) is 0 Å². The maximum absolute atomic E-state index is 5.64. The first-order valence-electron chi connectivity index (χ1n) is 5.67. The molecule has 0 saturated carbocycles. The number of nitrogens with two attached hydrogens (primary N) is 1. The molecule has 5 nitrogen and oxygen atoms in total. The van der Waals surface area contributed by atoms with E-state index in [0.29, 0.717) is 6.42 Å². The standard InChI is InChI=1S/C12H16BrN5/c1-8-3-9(5-10(13)4-8)12(15-14)6-11-7-18(2)17-16-11/h3-5,7,12,15H,6,14H2,1-2H3. The molecule has 0 aliphatic rings. The molecule has 0 spiro atoms. The molecule has 0 bridgehead atoms. The van der Waals surface area contributed by atoms with Crippen molar-refractivity contribution in [2.45, 2.75) is 19.4 Å². The van der Waals surface area contributed by atoms with Crippen molar-refractivity contribution >= 4 is 15.9 Å². The highest BCUT2D eigenvalue weighted by molar-refractivity contribution is 9.10. The van der Waals surface area contributed by atoms with Crippen molar-refractivity contribution in [3.05, 3.63) is 45.7 Å². The number of halogens is 1. The van der Waals surface area contributed by atoms with E-state index in [4.69, 9.17) is 5.84 Å². The van der Waals surface area contributed by atoms with Crippen LogP contribution < -0.4 is 11.3 Å². The van der Waals surface area contributed by atoms with E-state index in [1.165, 1.54) is 5.56 Å². The van der Waals surface area contributed by atoms with Gasteiger partial charge in [0.2, 0.25) is 0 Å². The van der Waals surface area contributed by atoms with Crippen LogP contribution in [-0.2, 0) is 13.5 Å². The highest BCUT2D eigenvalue weighted by Gasteiger charge is 2.13. The minimum absolute atomic E-state index is 0.0258. The Hall–Kier alpha value is -1.24. The summed E-state index contributed by atoms with van der Waals surface area (Å²) in [7, 11) is 1.85. The lowest BCUT2D eigenvalue weighted by molar-refractivity contribution is 0.545. The fourth-order valence-corrected chi connectivity index (χ4v) is 2.56. The highest BCUT2D eigenvalue weighted by atomic mass is 79.9. The first kappa shape index (κ1) is 13.2. The molecule has 3 N–H and O–H groups in total. The number of aryl methyl sites for hydroxylation is 2. The zero-order valence-corrected chi connectivity index (χ0v) is 12.0. The fourth-order valence-electron chi connectivity index (χ4n) is 1.94. The van der Waals surface area contributed by atoms with Gasteiger partial charge in [-0.05, 0) is 30.2 Å². The molecular weight excluding hydrogens is 294 g/mol. The summed E-state index contributed by atoms with van der Waals surface area (Å²) in [6, 6.07) is 6.27. The summed E-state index contributed by atoms with van der Waals surface area (Å²) in [5.41, 5.74) is 6.08. The average molecular weight is 310 g/mol. The molecule has 1 aromatic heterocycles. The van der Waals surface area contributed by atoms with Crippen LogP contribution in [0, 0.1) is 6.92 Å². The molecule has 0 radical (unpaired) electrons. The van der Waals surface area contributed by atoms with Crippen molar-refractivity contribution in [1.82, 2.24) is 20.4 Å². The van der Waals surface area contributed by atoms with Gasteiger partial charge in [0.05, 0.1) is 11.7 Å². The van der Waals surface area contributed by atoms with Gasteiger partial charge in [0.15, 0.2) is 0 Å². The van der Waals surface area contributed by atoms with Crippen LogP contribution in [-0.4, -0.2) is 15.0 Å². The van der Waals surface area contributed by atoms with Gasteiger partial charge in [0.1, 0.15) is 0 Å². The van der Waals surface area contributed by atoms with Crippen LogP contribution in [0.1, 0.15) is 22.9 Å². The van der Waals surface area contributed by atoms with Crippen LogP contribution in [0.15, 0.2) is 28.9 Å². The van der Waals surface area contributed by atoms with Crippen molar-refractivity contribution in [1.29, 1.82) is 0 Å². The van der Waals surface area contributed by atoms with Gasteiger partial charge in [-0.15, -0.1) is 5.10 Å². The summed E-state index contributed by atoms with van der Waals surface area (Å²) in [6.07, 6.45) is 2.61. The predicted molar refractivity (Wildman–Crippen MR) is 73.7 cm³/mol. The molecule has 0 saturated heterocycles. The maximum atomic E-state index is 5.64. The molecule has 2 rings (SSSR count). The Morgan fingerprint density at radius 1 is 1.44 bits per heavy atom. The smallest absolute Gasteiger partial charge is 0.0846 e. The normalized spacial score (nSPS) is 12.7. The van der Waals surface area contributed by atoms with E-state index in [-0.39, 0.29) is 6.04 Å². The second-order valence-corrected chi connectivity index (χ2v) is 5.28. The number of hydrogen-bond donors (Lipinski definition) is 2. The average Bonchev–Trinajstić information content (AvgIpc) is 2.70. The zero-order valence-electron chi connectivity index (χ0n) is 10.4. The Bertz CT molecular complexity index is 517. The van der Waals surface area contributed by atoms with Crippen LogP contribution in [0.5, 0.6) is 0 Å². The molecule has 18 heavy (non-hydrogen) atoms. The van der Waals surface area contributed by atoms with Gasteiger partial charge >= 0.3 is 0 Å². The minimum atomic E-state index is 0.0258. The molecule has 0 fully saturated rings. The highest BCUT2D eigenvalue weighted by Crippen LogP contribution is 2.22. The summed E-state index contributed by atoms with van der Waals surface area (Å²) in [6.45, 7) is 2.06. The quantitative estimate of drug-likeness (QED) is 0.665. The third-order valence-corrected chi connectivity index (χ3v) is 3.19. The van der Waals surface area contributed by atoms with Gasteiger partial charge in [-0.3, -0.25) is 16.0 Å². The van der Waals surface area contributed by atoms with Gasteiger partial charge in [0.25, 0.3) is 0 Å². The van der Waals surface area contributed by atoms with E-state index in [1.807, 2.05) is 13.2 Å². The summed E-state index contributed by atoms with van der Waals surface area (Å²) in [5.74, 6) is 5.64. The topological polar surface area (TPSA) is 68.8 Å². The van der Waals surface area contributed by atoms with Crippen molar-refractivity contribution in [2.75, 3.05) is 0 Å². The third kappa shape index (κ3) is 3.16. The number of rotatable bonds is 4. The van der Waals surface area contributed by atoms with E-state index in [9.17, 15) is 0 Å².